The van der Waals surface area contributed by atoms with Gasteiger partial charge in [-0.1, -0.05) is 5.22 Å². The molecule has 0 spiro atoms. The van der Waals surface area contributed by atoms with E-state index in [2.05, 4.69) is 10.3 Å². The monoisotopic (exact) mass is 238 g/mol. The second-order valence-electron chi connectivity index (χ2n) is 3.26. The molecule has 0 aliphatic carbocycles. The molecule has 0 heterocycles. The van der Waals surface area contributed by atoms with Gasteiger partial charge in [0, 0.05) is 14.0 Å². The number of nitrogens with two attached hydrogens (primary N) is 1. The number of nitrogens with zero attached hydrogens (tertiary/aromatic N) is 3. The van der Waals surface area contributed by atoms with Crippen LogP contribution in [0.5, 0.6) is 0 Å². The van der Waals surface area contributed by atoms with Crippen molar-refractivity contribution in [1.82, 2.24) is 5.01 Å². The first-order valence-electron chi connectivity index (χ1n) is 4.67. The first kappa shape index (κ1) is 12.8. The maximum absolute atomic E-state index is 12.9. The predicted octanol–water partition coefficient (Wildman–Crippen LogP) is 1.40. The van der Waals surface area contributed by atoms with Gasteiger partial charge in [0.15, 0.2) is 0 Å². The zero-order valence-electron chi connectivity index (χ0n) is 9.35. The van der Waals surface area contributed by atoms with Crippen LogP contribution in [0, 0.1) is 5.82 Å². The quantitative estimate of drug-likeness (QED) is 0.637. The van der Waals surface area contributed by atoms with Gasteiger partial charge in [0.05, 0.1) is 5.56 Å². The summed E-state index contributed by atoms with van der Waals surface area (Å²) in [6, 6.07) is 3.34. The summed E-state index contributed by atoms with van der Waals surface area (Å²) in [7, 11) is 1.40. The van der Waals surface area contributed by atoms with E-state index in [-0.39, 0.29) is 17.2 Å². The van der Waals surface area contributed by atoms with Crippen LogP contribution in [0.1, 0.15) is 17.3 Å². The summed E-state index contributed by atoms with van der Waals surface area (Å²) in [6.45, 7) is 1.30. The summed E-state index contributed by atoms with van der Waals surface area (Å²) in [5.41, 5.74) is 5.07. The summed E-state index contributed by atoms with van der Waals surface area (Å²) < 4.78 is 12.9. The van der Waals surface area contributed by atoms with Crippen molar-refractivity contribution >= 4 is 17.5 Å². The Kier molecular flexibility index (Phi) is 3.86. The molecule has 0 aliphatic rings. The maximum Gasteiger partial charge on any atom is 0.251 e. The van der Waals surface area contributed by atoms with Crippen molar-refractivity contribution in [2.75, 3.05) is 7.05 Å². The average molecular weight is 238 g/mol. The van der Waals surface area contributed by atoms with Crippen molar-refractivity contribution in [3.63, 3.8) is 0 Å². The molecule has 0 aliphatic heterocycles. The van der Waals surface area contributed by atoms with Crippen molar-refractivity contribution in [3.05, 3.63) is 29.6 Å². The standard InChI is InChI=1S/C10H11FN4O2/c1-6(16)15(2)14-13-9-4-3-7(11)5-8(9)10(12)17/h3-5H,1-2H3,(H2,12,17). The van der Waals surface area contributed by atoms with Crippen molar-refractivity contribution in [3.8, 4) is 0 Å². The van der Waals surface area contributed by atoms with Gasteiger partial charge in [0.2, 0.25) is 5.91 Å². The molecular formula is C10H11FN4O2. The SMILES string of the molecule is CC(=O)N(C)N=Nc1ccc(F)cc1C(N)=O. The van der Waals surface area contributed by atoms with E-state index in [1.807, 2.05) is 0 Å². The molecule has 0 saturated heterocycles. The third-order valence-electron chi connectivity index (χ3n) is 1.97. The van der Waals surface area contributed by atoms with Crippen molar-refractivity contribution in [2.45, 2.75) is 6.92 Å². The number of amides is 2. The Bertz CT molecular complexity index is 487. The number of halogens is 1. The Balaban J connectivity index is 3.06. The van der Waals surface area contributed by atoms with Crippen molar-refractivity contribution in [1.29, 1.82) is 0 Å². The highest BCUT2D eigenvalue weighted by Gasteiger charge is 2.09. The van der Waals surface area contributed by atoms with Gasteiger partial charge < -0.3 is 5.73 Å². The van der Waals surface area contributed by atoms with Crippen LogP contribution in [-0.2, 0) is 4.79 Å². The van der Waals surface area contributed by atoms with Gasteiger partial charge in [0.25, 0.3) is 5.91 Å². The first-order valence-corrected chi connectivity index (χ1v) is 4.67. The van der Waals surface area contributed by atoms with Crippen LogP contribution < -0.4 is 5.73 Å². The van der Waals surface area contributed by atoms with Crippen LogP contribution in [0.3, 0.4) is 0 Å². The van der Waals surface area contributed by atoms with Gasteiger partial charge in [-0.2, -0.15) is 0 Å². The highest BCUT2D eigenvalue weighted by Crippen LogP contribution is 2.20. The summed E-state index contributed by atoms with van der Waals surface area (Å²) in [5, 5.41) is 8.18. The van der Waals surface area contributed by atoms with Crippen LogP contribution in [-0.4, -0.2) is 23.9 Å². The minimum Gasteiger partial charge on any atom is -0.366 e. The van der Waals surface area contributed by atoms with Crippen LogP contribution in [0.4, 0.5) is 10.1 Å². The van der Waals surface area contributed by atoms with E-state index in [1.54, 1.807) is 0 Å². The van der Waals surface area contributed by atoms with Crippen LogP contribution in [0.2, 0.25) is 0 Å². The van der Waals surface area contributed by atoms with Crippen LogP contribution in [0.15, 0.2) is 28.5 Å². The Hall–Kier alpha value is -2.31. The lowest BCUT2D eigenvalue weighted by Crippen LogP contribution is -2.16. The predicted molar refractivity (Wildman–Crippen MR) is 57.9 cm³/mol. The van der Waals surface area contributed by atoms with E-state index in [0.717, 1.165) is 17.1 Å². The van der Waals surface area contributed by atoms with Gasteiger partial charge in [-0.25, -0.2) is 9.40 Å². The summed E-state index contributed by atoms with van der Waals surface area (Å²) >= 11 is 0. The van der Waals surface area contributed by atoms with Gasteiger partial charge in [-0.05, 0) is 18.2 Å². The van der Waals surface area contributed by atoms with E-state index in [1.165, 1.54) is 20.0 Å². The van der Waals surface area contributed by atoms with E-state index < -0.39 is 11.7 Å². The topological polar surface area (TPSA) is 88.1 Å². The normalized spacial score (nSPS) is 10.5. The Labute approximate surface area is 96.9 Å². The van der Waals surface area contributed by atoms with E-state index >= 15 is 0 Å². The number of hydrogen-bond donors (Lipinski definition) is 1. The number of primary amides is 1. The molecule has 0 aromatic heterocycles. The second kappa shape index (κ2) is 5.15. The van der Waals surface area contributed by atoms with Gasteiger partial charge in [0.1, 0.15) is 11.5 Å². The molecule has 17 heavy (non-hydrogen) atoms. The summed E-state index contributed by atoms with van der Waals surface area (Å²) in [5.74, 6) is -1.74. The van der Waals surface area contributed by atoms with Gasteiger partial charge in [-0.3, -0.25) is 9.59 Å². The molecule has 90 valence electrons. The molecule has 0 fully saturated rings. The summed E-state index contributed by atoms with van der Waals surface area (Å²) in [6.07, 6.45) is 0. The highest BCUT2D eigenvalue weighted by molar-refractivity contribution is 5.97. The maximum atomic E-state index is 12.9. The lowest BCUT2D eigenvalue weighted by atomic mass is 10.1. The van der Waals surface area contributed by atoms with Crippen molar-refractivity contribution in [2.24, 2.45) is 16.1 Å². The molecule has 1 aromatic carbocycles. The molecule has 0 bridgehead atoms. The van der Waals surface area contributed by atoms with Crippen LogP contribution in [0.25, 0.3) is 0 Å². The second-order valence-corrected chi connectivity index (χ2v) is 3.26. The zero-order valence-corrected chi connectivity index (χ0v) is 9.35. The fourth-order valence-corrected chi connectivity index (χ4v) is 0.971. The highest BCUT2D eigenvalue weighted by atomic mass is 19.1. The van der Waals surface area contributed by atoms with E-state index in [4.69, 9.17) is 5.73 Å². The molecule has 2 amide bonds. The fraction of sp³-hybridized carbons (Fsp3) is 0.200. The third kappa shape index (κ3) is 3.33. The molecule has 2 N–H and O–H groups in total. The smallest absolute Gasteiger partial charge is 0.251 e. The number of carbonyl (C=O) groups is 2. The number of hydrogen-bond acceptors (Lipinski definition) is 4. The largest absolute Gasteiger partial charge is 0.366 e. The molecular weight excluding hydrogens is 227 g/mol. The number of rotatable bonds is 3. The Morgan fingerprint density at radius 2 is 2.06 bits per heavy atom. The minimum atomic E-state index is -0.816. The number of benzene rings is 1. The fourth-order valence-electron chi connectivity index (χ4n) is 0.971. The van der Waals surface area contributed by atoms with Crippen LogP contribution >= 0.6 is 0 Å². The zero-order chi connectivity index (χ0) is 13.0. The molecule has 1 rings (SSSR count). The Morgan fingerprint density at radius 3 is 2.59 bits per heavy atom. The first-order chi connectivity index (χ1) is 7.91. The minimum absolute atomic E-state index is 0.0919. The molecule has 0 saturated carbocycles. The Morgan fingerprint density at radius 1 is 1.41 bits per heavy atom. The van der Waals surface area contributed by atoms with Gasteiger partial charge in [-0.15, -0.1) is 5.11 Å². The van der Waals surface area contributed by atoms with E-state index in [0.29, 0.717) is 0 Å². The molecule has 6 nitrogen and oxygen atoms in total. The molecule has 1 aromatic rings. The molecule has 0 atom stereocenters. The lowest BCUT2D eigenvalue weighted by molar-refractivity contribution is -0.127. The lowest BCUT2D eigenvalue weighted by Gasteiger charge is -2.05. The van der Waals surface area contributed by atoms with E-state index in [9.17, 15) is 14.0 Å². The molecule has 7 heteroatoms. The molecule has 0 radical (unpaired) electrons. The summed E-state index contributed by atoms with van der Waals surface area (Å²) in [4.78, 5) is 21.9. The average Bonchev–Trinajstić information content (AvgIpc) is 2.26. The third-order valence-corrected chi connectivity index (χ3v) is 1.97. The van der Waals surface area contributed by atoms with Gasteiger partial charge >= 0.3 is 0 Å². The number of carbonyl (C=O) groups excluding carboxylic acids is 2. The molecule has 0 unspecified atom stereocenters. The van der Waals surface area contributed by atoms with Crippen molar-refractivity contribution < 1.29 is 14.0 Å².